The monoisotopic (exact) mass is 316 g/mol. The van der Waals surface area contributed by atoms with Crippen LogP contribution in [0, 0.1) is 0 Å². The number of fused-ring (bicyclic) bond motifs is 4. The molecular weight excluding hydrogens is 300 g/mol. The molecule has 0 aliphatic carbocycles. The van der Waals surface area contributed by atoms with Gasteiger partial charge in [0.15, 0.2) is 0 Å². The molecule has 1 aliphatic rings. The molecule has 0 fully saturated rings. The molecule has 118 valence electrons. The van der Waals surface area contributed by atoms with Gasteiger partial charge in [-0.25, -0.2) is 4.98 Å². The van der Waals surface area contributed by atoms with Gasteiger partial charge in [0.05, 0.1) is 5.56 Å². The van der Waals surface area contributed by atoms with Crippen LogP contribution in [0.5, 0.6) is 0 Å². The van der Waals surface area contributed by atoms with E-state index in [1.807, 2.05) is 24.1 Å². The smallest absolute Gasteiger partial charge is 0.260 e. The molecule has 3 aromatic heterocycles. The van der Waals surface area contributed by atoms with Crippen LogP contribution in [-0.4, -0.2) is 27.0 Å². The van der Waals surface area contributed by atoms with E-state index >= 15 is 0 Å². The summed E-state index contributed by atoms with van der Waals surface area (Å²) in [5.74, 6) is 0.0308. The second-order valence-electron chi connectivity index (χ2n) is 6.23. The van der Waals surface area contributed by atoms with Crippen molar-refractivity contribution < 1.29 is 4.79 Å². The Hall–Kier alpha value is -3.08. The molecule has 24 heavy (non-hydrogen) atoms. The Morgan fingerprint density at radius 1 is 1.21 bits per heavy atom. The number of aromatic nitrogens is 3. The molecule has 1 N–H and O–H groups in total. The van der Waals surface area contributed by atoms with Gasteiger partial charge in [0.1, 0.15) is 5.65 Å². The Bertz CT molecular complexity index is 1110. The third-order valence-corrected chi connectivity index (χ3v) is 4.96. The maximum atomic E-state index is 13.1. The second kappa shape index (κ2) is 4.71. The maximum absolute atomic E-state index is 13.1. The highest BCUT2D eigenvalue weighted by atomic mass is 16.2. The van der Waals surface area contributed by atoms with Crippen molar-refractivity contribution in [3.05, 3.63) is 60.0 Å². The van der Waals surface area contributed by atoms with E-state index < -0.39 is 0 Å². The van der Waals surface area contributed by atoms with Crippen molar-refractivity contribution in [2.45, 2.75) is 6.42 Å². The van der Waals surface area contributed by atoms with Gasteiger partial charge in [-0.1, -0.05) is 0 Å². The quantitative estimate of drug-likeness (QED) is 0.586. The number of carbonyl (C=O) groups excluding carboxylic acids is 1. The van der Waals surface area contributed by atoms with Crippen molar-refractivity contribution in [1.29, 1.82) is 0 Å². The summed E-state index contributed by atoms with van der Waals surface area (Å²) in [5, 5.41) is 2.11. The van der Waals surface area contributed by atoms with Crippen LogP contribution in [0.4, 0.5) is 5.69 Å². The van der Waals surface area contributed by atoms with Crippen molar-refractivity contribution in [3.8, 4) is 0 Å². The molecule has 0 saturated heterocycles. The molecule has 5 nitrogen and oxygen atoms in total. The minimum Gasteiger partial charge on any atom is -0.351 e. The number of nitrogens with zero attached hydrogens (tertiary/aromatic N) is 3. The lowest BCUT2D eigenvalue weighted by molar-refractivity contribution is 0.0991. The first-order valence-electron chi connectivity index (χ1n) is 8.05. The van der Waals surface area contributed by atoms with E-state index in [4.69, 9.17) is 0 Å². The number of aromatic amines is 1. The first kappa shape index (κ1) is 13.4. The average molecular weight is 316 g/mol. The fourth-order valence-corrected chi connectivity index (χ4v) is 3.75. The molecule has 0 atom stereocenters. The van der Waals surface area contributed by atoms with Crippen molar-refractivity contribution >= 4 is 33.5 Å². The van der Waals surface area contributed by atoms with Gasteiger partial charge < -0.3 is 14.5 Å². The zero-order valence-electron chi connectivity index (χ0n) is 13.3. The maximum Gasteiger partial charge on any atom is 0.260 e. The predicted molar refractivity (Wildman–Crippen MR) is 94.4 cm³/mol. The third-order valence-electron chi connectivity index (χ3n) is 4.96. The predicted octanol–water partition coefficient (Wildman–Crippen LogP) is 3.26. The van der Waals surface area contributed by atoms with Crippen LogP contribution in [-0.2, 0) is 13.5 Å². The summed E-state index contributed by atoms with van der Waals surface area (Å²) in [4.78, 5) is 22.3. The second-order valence-corrected chi connectivity index (χ2v) is 6.23. The number of hydrogen-bond donors (Lipinski definition) is 1. The van der Waals surface area contributed by atoms with Gasteiger partial charge in [0.2, 0.25) is 0 Å². The minimum atomic E-state index is 0.0308. The van der Waals surface area contributed by atoms with Gasteiger partial charge in [-0.15, -0.1) is 0 Å². The molecule has 0 saturated carbocycles. The lowest BCUT2D eigenvalue weighted by atomic mass is 10.1. The number of rotatable bonds is 1. The van der Waals surface area contributed by atoms with E-state index in [0.29, 0.717) is 5.56 Å². The number of anilines is 1. The van der Waals surface area contributed by atoms with E-state index in [9.17, 15) is 4.79 Å². The summed E-state index contributed by atoms with van der Waals surface area (Å²) < 4.78 is 2.12. The molecule has 1 amide bonds. The standard InChI is InChI=1S/C19H16N4O/c1-22-9-6-12-13-7-10-23(17(13)5-4-16(12)22)19(24)15-11-21-18-14(15)3-2-8-20-18/h2-6,8-9,11H,7,10H2,1H3,(H,20,21). The summed E-state index contributed by atoms with van der Waals surface area (Å²) >= 11 is 0. The average Bonchev–Trinajstić information content (AvgIpc) is 3.30. The highest BCUT2D eigenvalue weighted by Gasteiger charge is 2.28. The lowest BCUT2D eigenvalue weighted by Gasteiger charge is -2.17. The zero-order valence-corrected chi connectivity index (χ0v) is 13.3. The fourth-order valence-electron chi connectivity index (χ4n) is 3.75. The fraction of sp³-hybridized carbons (Fsp3) is 0.158. The summed E-state index contributed by atoms with van der Waals surface area (Å²) in [6.45, 7) is 0.717. The Balaban J connectivity index is 1.62. The number of aryl methyl sites for hydroxylation is 1. The largest absolute Gasteiger partial charge is 0.351 e. The van der Waals surface area contributed by atoms with Gasteiger partial charge >= 0.3 is 0 Å². The van der Waals surface area contributed by atoms with Crippen molar-refractivity contribution in [2.24, 2.45) is 7.05 Å². The number of H-pyrrole nitrogens is 1. The third kappa shape index (κ3) is 1.69. The molecule has 5 rings (SSSR count). The molecule has 0 bridgehead atoms. The molecule has 4 heterocycles. The molecule has 1 aromatic carbocycles. The van der Waals surface area contributed by atoms with E-state index in [1.54, 1.807) is 12.4 Å². The Labute approximate surface area is 138 Å². The molecule has 0 unspecified atom stereocenters. The van der Waals surface area contributed by atoms with E-state index in [2.05, 4.69) is 38.9 Å². The van der Waals surface area contributed by atoms with E-state index in [-0.39, 0.29) is 5.91 Å². The molecule has 0 radical (unpaired) electrons. The lowest BCUT2D eigenvalue weighted by Crippen LogP contribution is -2.28. The van der Waals surface area contributed by atoms with Gasteiger partial charge in [0.25, 0.3) is 5.91 Å². The number of amides is 1. The van der Waals surface area contributed by atoms with E-state index in [0.717, 1.165) is 29.7 Å². The zero-order chi connectivity index (χ0) is 16.3. The molecular formula is C19H16N4O. The van der Waals surface area contributed by atoms with Crippen LogP contribution < -0.4 is 4.90 Å². The summed E-state index contributed by atoms with van der Waals surface area (Å²) in [7, 11) is 2.05. The number of nitrogens with one attached hydrogen (secondary N) is 1. The van der Waals surface area contributed by atoms with Crippen LogP contribution in [0.15, 0.2) is 48.9 Å². The summed E-state index contributed by atoms with van der Waals surface area (Å²) in [5.41, 5.74) is 4.92. The van der Waals surface area contributed by atoms with Crippen LogP contribution in [0.2, 0.25) is 0 Å². The number of carbonyl (C=O) groups is 1. The summed E-state index contributed by atoms with van der Waals surface area (Å²) in [6, 6.07) is 10.1. The van der Waals surface area contributed by atoms with Crippen molar-refractivity contribution in [2.75, 3.05) is 11.4 Å². The van der Waals surface area contributed by atoms with Crippen LogP contribution in [0.3, 0.4) is 0 Å². The Morgan fingerprint density at radius 2 is 2.12 bits per heavy atom. The SMILES string of the molecule is Cn1ccc2c3c(ccc21)N(C(=O)c1c[nH]c2ncccc12)CC3. The minimum absolute atomic E-state index is 0.0308. The van der Waals surface area contributed by atoms with Crippen LogP contribution >= 0.6 is 0 Å². The molecule has 4 aromatic rings. The van der Waals surface area contributed by atoms with Gasteiger partial charge in [-0.05, 0) is 42.3 Å². The Morgan fingerprint density at radius 3 is 3.04 bits per heavy atom. The number of hydrogen-bond acceptors (Lipinski definition) is 2. The highest BCUT2D eigenvalue weighted by Crippen LogP contribution is 2.36. The van der Waals surface area contributed by atoms with Crippen LogP contribution in [0.1, 0.15) is 15.9 Å². The summed E-state index contributed by atoms with van der Waals surface area (Å²) in [6.07, 6.45) is 6.45. The van der Waals surface area contributed by atoms with Crippen molar-refractivity contribution in [1.82, 2.24) is 14.5 Å². The van der Waals surface area contributed by atoms with Crippen LogP contribution in [0.25, 0.3) is 21.9 Å². The van der Waals surface area contributed by atoms with Gasteiger partial charge in [-0.2, -0.15) is 0 Å². The van der Waals surface area contributed by atoms with Gasteiger partial charge in [0, 0.05) is 54.2 Å². The molecule has 5 heteroatoms. The topological polar surface area (TPSA) is 53.9 Å². The van der Waals surface area contributed by atoms with Crippen molar-refractivity contribution in [3.63, 3.8) is 0 Å². The first-order valence-corrected chi connectivity index (χ1v) is 8.05. The van der Waals surface area contributed by atoms with E-state index in [1.165, 1.54) is 16.5 Å². The van der Waals surface area contributed by atoms with Gasteiger partial charge in [-0.3, -0.25) is 4.79 Å². The number of pyridine rings is 1. The first-order chi connectivity index (χ1) is 11.7. The Kier molecular flexibility index (Phi) is 2.62. The highest BCUT2D eigenvalue weighted by molar-refractivity contribution is 6.15. The molecule has 1 aliphatic heterocycles. The molecule has 0 spiro atoms. The number of benzene rings is 1. The normalized spacial score (nSPS) is 13.8.